The highest BCUT2D eigenvalue weighted by molar-refractivity contribution is 7.09. The van der Waals surface area contributed by atoms with E-state index in [0.717, 1.165) is 18.4 Å². The molecular weight excluding hydrogens is 240 g/mol. The number of nitrogens with zero attached hydrogens (tertiary/aromatic N) is 1. The van der Waals surface area contributed by atoms with Crippen LogP contribution in [0.15, 0.2) is 11.7 Å². The molecule has 2 nitrogen and oxygen atoms in total. The van der Waals surface area contributed by atoms with Crippen LogP contribution in [0.1, 0.15) is 44.9 Å². The second kappa shape index (κ2) is 6.16. The molecular formula is C15H26N2S. The summed E-state index contributed by atoms with van der Waals surface area (Å²) in [5.41, 5.74) is 2.49. The molecule has 0 amide bonds. The lowest BCUT2D eigenvalue weighted by Gasteiger charge is -2.41. The first-order chi connectivity index (χ1) is 8.61. The zero-order valence-electron chi connectivity index (χ0n) is 11.9. The van der Waals surface area contributed by atoms with Crippen LogP contribution in [0, 0.1) is 17.3 Å². The van der Waals surface area contributed by atoms with Crippen molar-refractivity contribution in [1.82, 2.24) is 10.3 Å². The zero-order chi connectivity index (χ0) is 13.0. The number of aromatic nitrogens is 1. The van der Waals surface area contributed by atoms with Gasteiger partial charge in [0.2, 0.25) is 0 Å². The SMILES string of the molecule is CCNCC1CCC(C)(C)CC1Cc1cncs1. The van der Waals surface area contributed by atoms with Gasteiger partial charge < -0.3 is 5.32 Å². The maximum Gasteiger partial charge on any atom is 0.0794 e. The molecule has 1 aromatic rings. The molecule has 1 heterocycles. The average molecular weight is 266 g/mol. The molecule has 0 saturated heterocycles. The van der Waals surface area contributed by atoms with Gasteiger partial charge in [-0.15, -0.1) is 11.3 Å². The lowest BCUT2D eigenvalue weighted by molar-refractivity contribution is 0.117. The number of hydrogen-bond acceptors (Lipinski definition) is 3. The molecule has 3 heteroatoms. The summed E-state index contributed by atoms with van der Waals surface area (Å²) in [7, 11) is 0. The topological polar surface area (TPSA) is 24.9 Å². The van der Waals surface area contributed by atoms with Gasteiger partial charge in [-0.2, -0.15) is 0 Å². The van der Waals surface area contributed by atoms with E-state index in [9.17, 15) is 0 Å². The molecule has 1 saturated carbocycles. The van der Waals surface area contributed by atoms with Gasteiger partial charge in [-0.05, 0) is 56.0 Å². The van der Waals surface area contributed by atoms with E-state index < -0.39 is 0 Å². The van der Waals surface area contributed by atoms with E-state index in [1.807, 2.05) is 16.8 Å². The van der Waals surface area contributed by atoms with Crippen molar-refractivity contribution in [2.75, 3.05) is 13.1 Å². The second-order valence-electron chi connectivity index (χ2n) is 6.41. The van der Waals surface area contributed by atoms with Crippen LogP contribution >= 0.6 is 11.3 Å². The highest BCUT2D eigenvalue weighted by Gasteiger charge is 2.34. The fraction of sp³-hybridized carbons (Fsp3) is 0.800. The van der Waals surface area contributed by atoms with Crippen molar-refractivity contribution >= 4 is 11.3 Å². The van der Waals surface area contributed by atoms with Gasteiger partial charge in [-0.1, -0.05) is 20.8 Å². The van der Waals surface area contributed by atoms with E-state index >= 15 is 0 Å². The summed E-state index contributed by atoms with van der Waals surface area (Å²) in [5.74, 6) is 1.67. The van der Waals surface area contributed by atoms with Crippen molar-refractivity contribution in [2.45, 2.75) is 46.5 Å². The molecule has 0 aromatic carbocycles. The van der Waals surface area contributed by atoms with Crippen LogP contribution in [0.2, 0.25) is 0 Å². The van der Waals surface area contributed by atoms with Crippen LogP contribution < -0.4 is 5.32 Å². The van der Waals surface area contributed by atoms with E-state index in [1.54, 1.807) is 0 Å². The summed E-state index contributed by atoms with van der Waals surface area (Å²) >= 11 is 1.81. The Kier molecular flexibility index (Phi) is 4.79. The van der Waals surface area contributed by atoms with Gasteiger partial charge in [0, 0.05) is 11.1 Å². The van der Waals surface area contributed by atoms with E-state index in [2.05, 4.69) is 37.3 Å². The highest BCUT2D eigenvalue weighted by atomic mass is 32.1. The van der Waals surface area contributed by atoms with Crippen molar-refractivity contribution < 1.29 is 0 Å². The minimum atomic E-state index is 0.526. The number of hydrogen-bond donors (Lipinski definition) is 1. The molecule has 1 N–H and O–H groups in total. The van der Waals surface area contributed by atoms with Crippen molar-refractivity contribution in [3.63, 3.8) is 0 Å². The predicted octanol–water partition coefficient (Wildman–Crippen LogP) is 3.74. The second-order valence-corrected chi connectivity index (χ2v) is 7.38. The molecule has 0 bridgehead atoms. The van der Waals surface area contributed by atoms with Crippen molar-refractivity contribution in [1.29, 1.82) is 0 Å². The fourth-order valence-electron chi connectivity index (χ4n) is 3.23. The Labute approximate surface area is 115 Å². The summed E-state index contributed by atoms with van der Waals surface area (Å²) in [6.07, 6.45) is 7.40. The van der Waals surface area contributed by atoms with Gasteiger partial charge in [-0.25, -0.2) is 0 Å². The first kappa shape index (κ1) is 14.0. The lowest BCUT2D eigenvalue weighted by atomic mass is 9.66. The third-order valence-electron chi connectivity index (χ3n) is 4.28. The molecule has 1 aromatic heterocycles. The standard InChI is InChI=1S/C15H26N2S/c1-4-16-9-12-5-6-15(2,3)8-13(12)7-14-10-17-11-18-14/h10-13,16H,4-9H2,1-3H3. The van der Waals surface area contributed by atoms with Gasteiger partial charge in [-0.3, -0.25) is 4.98 Å². The Balaban J connectivity index is 1.99. The molecule has 1 aliphatic carbocycles. The van der Waals surface area contributed by atoms with Crippen molar-refractivity contribution in [2.24, 2.45) is 17.3 Å². The molecule has 0 aliphatic heterocycles. The van der Waals surface area contributed by atoms with Crippen molar-refractivity contribution in [3.05, 3.63) is 16.6 Å². The molecule has 0 radical (unpaired) electrons. The van der Waals surface area contributed by atoms with Crippen LogP contribution in [-0.2, 0) is 6.42 Å². The monoisotopic (exact) mass is 266 g/mol. The number of nitrogens with one attached hydrogen (secondary N) is 1. The Morgan fingerprint density at radius 2 is 2.28 bits per heavy atom. The molecule has 102 valence electrons. The maximum atomic E-state index is 4.21. The van der Waals surface area contributed by atoms with Crippen LogP contribution in [0.5, 0.6) is 0 Å². The maximum absolute atomic E-state index is 4.21. The molecule has 1 fully saturated rings. The van der Waals surface area contributed by atoms with Crippen LogP contribution in [0.4, 0.5) is 0 Å². The predicted molar refractivity (Wildman–Crippen MR) is 79.0 cm³/mol. The summed E-state index contributed by atoms with van der Waals surface area (Å²) < 4.78 is 0. The minimum absolute atomic E-state index is 0.526. The van der Waals surface area contributed by atoms with E-state index in [-0.39, 0.29) is 0 Å². The Morgan fingerprint density at radius 1 is 1.44 bits per heavy atom. The minimum Gasteiger partial charge on any atom is -0.317 e. The Bertz CT molecular complexity index is 345. The van der Waals surface area contributed by atoms with E-state index in [0.29, 0.717) is 5.41 Å². The van der Waals surface area contributed by atoms with Crippen LogP contribution in [0.25, 0.3) is 0 Å². The number of rotatable bonds is 5. The Morgan fingerprint density at radius 3 is 2.94 bits per heavy atom. The van der Waals surface area contributed by atoms with Gasteiger partial charge in [0.05, 0.1) is 5.51 Å². The van der Waals surface area contributed by atoms with Gasteiger partial charge in [0.15, 0.2) is 0 Å². The molecule has 2 rings (SSSR count). The first-order valence-electron chi connectivity index (χ1n) is 7.19. The van der Waals surface area contributed by atoms with Gasteiger partial charge in [0.25, 0.3) is 0 Å². The van der Waals surface area contributed by atoms with Gasteiger partial charge in [0.1, 0.15) is 0 Å². The van der Waals surface area contributed by atoms with Crippen LogP contribution in [-0.4, -0.2) is 18.1 Å². The van der Waals surface area contributed by atoms with Crippen LogP contribution in [0.3, 0.4) is 0 Å². The third kappa shape index (κ3) is 3.79. The molecule has 0 spiro atoms. The highest BCUT2D eigenvalue weighted by Crippen LogP contribution is 2.43. The van der Waals surface area contributed by atoms with E-state index in [1.165, 1.54) is 37.1 Å². The van der Waals surface area contributed by atoms with Crippen molar-refractivity contribution in [3.8, 4) is 0 Å². The normalized spacial score (nSPS) is 27.3. The largest absolute Gasteiger partial charge is 0.317 e. The van der Waals surface area contributed by atoms with Gasteiger partial charge >= 0.3 is 0 Å². The molecule has 18 heavy (non-hydrogen) atoms. The fourth-order valence-corrected chi connectivity index (χ4v) is 3.92. The summed E-state index contributed by atoms with van der Waals surface area (Å²) in [4.78, 5) is 5.67. The first-order valence-corrected chi connectivity index (χ1v) is 8.07. The van der Waals surface area contributed by atoms with E-state index in [4.69, 9.17) is 0 Å². The molecule has 2 unspecified atom stereocenters. The summed E-state index contributed by atoms with van der Waals surface area (Å²) in [5, 5.41) is 3.54. The number of thiazole rings is 1. The molecule has 1 aliphatic rings. The Hall–Kier alpha value is -0.410. The smallest absolute Gasteiger partial charge is 0.0794 e. The summed E-state index contributed by atoms with van der Waals surface area (Å²) in [6, 6.07) is 0. The third-order valence-corrected chi connectivity index (χ3v) is 5.08. The lowest BCUT2D eigenvalue weighted by Crippen LogP contribution is -2.36. The zero-order valence-corrected chi connectivity index (χ0v) is 12.7. The quantitative estimate of drug-likeness (QED) is 0.878. The summed E-state index contributed by atoms with van der Waals surface area (Å²) in [6.45, 7) is 9.33. The molecule has 2 atom stereocenters. The average Bonchev–Trinajstić information content (AvgIpc) is 2.80.